The predicted molar refractivity (Wildman–Crippen MR) is 117 cm³/mol. The van der Waals surface area contributed by atoms with E-state index in [1.807, 2.05) is 6.08 Å². The number of phenolic OH excluding ortho intramolecular Hbond substituents is 1. The Morgan fingerprint density at radius 1 is 0.794 bits per heavy atom. The van der Waals surface area contributed by atoms with E-state index in [0.29, 0.717) is 29.9 Å². The highest BCUT2D eigenvalue weighted by molar-refractivity contribution is 5.75. The molecule has 2 aromatic rings. The average Bonchev–Trinajstić information content (AvgIpc) is 2.79. The molecule has 0 saturated heterocycles. The molecule has 0 bridgehead atoms. The molecule has 4 rings (SSSR count). The van der Waals surface area contributed by atoms with Crippen LogP contribution in [-0.2, 0) is 0 Å². The van der Waals surface area contributed by atoms with Gasteiger partial charge in [0.25, 0.3) is 0 Å². The molecular weight excluding hydrogens is 458 g/mol. The Hall–Kier alpha value is -2.64. The minimum Gasteiger partial charge on any atom is -0.504 e. The molecule has 0 radical (unpaired) electrons. The summed E-state index contributed by atoms with van der Waals surface area (Å²) in [6, 6.07) is 4.02. The number of rotatable bonds is 4. The van der Waals surface area contributed by atoms with Crippen LogP contribution in [0.2, 0.25) is 0 Å². The van der Waals surface area contributed by atoms with Gasteiger partial charge in [-0.15, -0.1) is 13.2 Å². The zero-order valence-corrected chi connectivity index (χ0v) is 18.7. The van der Waals surface area contributed by atoms with E-state index in [0.717, 1.165) is 24.8 Å². The second-order valence-corrected chi connectivity index (χ2v) is 9.39. The van der Waals surface area contributed by atoms with Crippen LogP contribution in [0.1, 0.15) is 57.4 Å². The van der Waals surface area contributed by atoms with Gasteiger partial charge in [-0.3, -0.25) is 0 Å². The van der Waals surface area contributed by atoms with E-state index in [-0.39, 0.29) is 5.56 Å². The highest BCUT2D eigenvalue weighted by Gasteiger charge is 2.34. The Morgan fingerprint density at radius 3 is 2.03 bits per heavy atom. The molecule has 1 N–H and O–H groups in total. The number of phenols is 1. The van der Waals surface area contributed by atoms with Gasteiger partial charge < -0.3 is 9.84 Å². The lowest BCUT2D eigenvalue weighted by atomic mass is 9.71. The van der Waals surface area contributed by atoms with Crippen LogP contribution in [0.15, 0.2) is 30.3 Å². The molecule has 2 aliphatic rings. The van der Waals surface area contributed by atoms with Gasteiger partial charge in [0.1, 0.15) is 0 Å². The summed E-state index contributed by atoms with van der Waals surface area (Å²) in [6.07, 6.45) is 4.00. The SMILES string of the molecule is CC1CCC(C2CC=C(c3ccc(-c4ccc(OC(F)(F)F)c(F)c4O)c(F)c3F)CC2)CC1. The van der Waals surface area contributed by atoms with Gasteiger partial charge in [-0.05, 0) is 67.6 Å². The Kier molecular flexibility index (Phi) is 6.87. The first-order chi connectivity index (χ1) is 16.0. The predicted octanol–water partition coefficient (Wildman–Crippen LogP) is 8.38. The van der Waals surface area contributed by atoms with Crippen molar-refractivity contribution in [3.05, 3.63) is 53.4 Å². The van der Waals surface area contributed by atoms with Gasteiger partial charge in [0.05, 0.1) is 0 Å². The molecule has 1 unspecified atom stereocenters. The van der Waals surface area contributed by atoms with Gasteiger partial charge in [0.15, 0.2) is 23.1 Å². The molecule has 0 aromatic heterocycles. The van der Waals surface area contributed by atoms with E-state index < -0.39 is 46.4 Å². The normalized spacial score (nSPS) is 23.5. The summed E-state index contributed by atoms with van der Waals surface area (Å²) in [6.45, 7) is 2.27. The fraction of sp³-hybridized carbons (Fsp3) is 0.462. The van der Waals surface area contributed by atoms with Crippen molar-refractivity contribution >= 4 is 5.57 Å². The van der Waals surface area contributed by atoms with Crippen molar-refractivity contribution in [3.8, 4) is 22.6 Å². The lowest BCUT2D eigenvalue weighted by Crippen LogP contribution is -2.22. The highest BCUT2D eigenvalue weighted by atomic mass is 19.4. The topological polar surface area (TPSA) is 29.5 Å². The summed E-state index contributed by atoms with van der Waals surface area (Å²) in [5.74, 6) is -4.69. The number of benzene rings is 2. The van der Waals surface area contributed by atoms with E-state index >= 15 is 0 Å². The van der Waals surface area contributed by atoms with Gasteiger partial charge in [-0.25, -0.2) is 8.78 Å². The Bertz CT molecular complexity index is 1080. The first-order valence-corrected chi connectivity index (χ1v) is 11.5. The van der Waals surface area contributed by atoms with Crippen LogP contribution in [0.3, 0.4) is 0 Å². The summed E-state index contributed by atoms with van der Waals surface area (Å²) in [4.78, 5) is 0. The number of alkyl halides is 3. The smallest absolute Gasteiger partial charge is 0.504 e. The molecule has 0 aliphatic heterocycles. The van der Waals surface area contributed by atoms with Crippen LogP contribution < -0.4 is 4.74 Å². The minimum atomic E-state index is -5.17. The van der Waals surface area contributed by atoms with Crippen molar-refractivity contribution in [3.63, 3.8) is 0 Å². The third-order valence-corrected chi connectivity index (χ3v) is 7.20. The highest BCUT2D eigenvalue weighted by Crippen LogP contribution is 2.43. The van der Waals surface area contributed by atoms with Gasteiger partial charge in [-0.1, -0.05) is 38.0 Å². The monoisotopic (exact) mass is 484 g/mol. The molecular formula is C26H26F6O2. The van der Waals surface area contributed by atoms with Crippen LogP contribution in [0.5, 0.6) is 11.5 Å². The van der Waals surface area contributed by atoms with E-state index in [4.69, 9.17) is 0 Å². The molecule has 0 heterocycles. The molecule has 0 spiro atoms. The fourth-order valence-corrected chi connectivity index (χ4v) is 5.26. The number of ether oxygens (including phenoxy) is 1. The van der Waals surface area contributed by atoms with E-state index in [1.165, 1.54) is 37.8 Å². The van der Waals surface area contributed by atoms with E-state index in [9.17, 15) is 31.4 Å². The minimum absolute atomic E-state index is 0.106. The van der Waals surface area contributed by atoms with Crippen LogP contribution in [0.25, 0.3) is 16.7 Å². The third kappa shape index (κ3) is 5.05. The van der Waals surface area contributed by atoms with Gasteiger partial charge in [0.2, 0.25) is 5.82 Å². The standard InChI is InChI=1S/C26H26F6O2/c1-14-2-4-15(5-3-14)16-6-8-17(9-7-16)18-10-11-19(23(28)22(18)27)20-12-13-21(24(29)25(20)33)34-26(30,31)32/h8,10-16,33H,2-7,9H2,1H3. The molecule has 1 saturated carbocycles. The maximum atomic E-state index is 15.0. The second kappa shape index (κ2) is 9.55. The molecule has 34 heavy (non-hydrogen) atoms. The third-order valence-electron chi connectivity index (χ3n) is 7.20. The number of hydrogen-bond donors (Lipinski definition) is 1. The first kappa shape index (κ1) is 24.5. The van der Waals surface area contributed by atoms with Crippen molar-refractivity contribution in [1.82, 2.24) is 0 Å². The van der Waals surface area contributed by atoms with Crippen LogP contribution in [0, 0.1) is 35.2 Å². The fourth-order valence-electron chi connectivity index (χ4n) is 5.26. The van der Waals surface area contributed by atoms with Gasteiger partial charge in [-0.2, -0.15) is 4.39 Å². The summed E-state index contributed by atoms with van der Waals surface area (Å²) in [5.41, 5.74) is -0.123. The van der Waals surface area contributed by atoms with Crippen molar-refractivity contribution in [1.29, 1.82) is 0 Å². The molecule has 0 amide bonds. The van der Waals surface area contributed by atoms with E-state index in [2.05, 4.69) is 11.7 Å². The Balaban J connectivity index is 1.56. The van der Waals surface area contributed by atoms with Crippen LogP contribution >= 0.6 is 0 Å². The molecule has 2 nitrogen and oxygen atoms in total. The molecule has 1 fully saturated rings. The zero-order chi connectivity index (χ0) is 24.6. The van der Waals surface area contributed by atoms with Crippen molar-refractivity contribution in [2.75, 3.05) is 0 Å². The van der Waals surface area contributed by atoms with Gasteiger partial charge >= 0.3 is 6.36 Å². The van der Waals surface area contributed by atoms with E-state index in [1.54, 1.807) is 0 Å². The summed E-state index contributed by atoms with van der Waals surface area (Å²) >= 11 is 0. The molecule has 8 heteroatoms. The molecule has 184 valence electrons. The van der Waals surface area contributed by atoms with Crippen molar-refractivity contribution < 1.29 is 36.2 Å². The Morgan fingerprint density at radius 2 is 1.41 bits per heavy atom. The van der Waals surface area contributed by atoms with Crippen LogP contribution in [-0.4, -0.2) is 11.5 Å². The molecule has 1 atom stereocenters. The quantitative estimate of drug-likeness (QED) is 0.442. The number of hydrogen-bond acceptors (Lipinski definition) is 2. The largest absolute Gasteiger partial charge is 0.573 e. The number of halogens is 6. The molecule has 2 aliphatic carbocycles. The molecule has 2 aromatic carbocycles. The maximum Gasteiger partial charge on any atom is 0.573 e. The lowest BCUT2D eigenvalue weighted by Gasteiger charge is -2.34. The first-order valence-electron chi connectivity index (χ1n) is 11.5. The lowest BCUT2D eigenvalue weighted by molar-refractivity contribution is -0.275. The second-order valence-electron chi connectivity index (χ2n) is 9.39. The summed E-state index contributed by atoms with van der Waals surface area (Å²) in [7, 11) is 0. The number of allylic oxidation sites excluding steroid dienone is 2. The Labute approximate surface area is 194 Å². The summed E-state index contributed by atoms with van der Waals surface area (Å²) in [5, 5.41) is 10.0. The van der Waals surface area contributed by atoms with Crippen molar-refractivity contribution in [2.24, 2.45) is 17.8 Å². The van der Waals surface area contributed by atoms with Gasteiger partial charge in [0, 0.05) is 16.7 Å². The van der Waals surface area contributed by atoms with Crippen LogP contribution in [0.4, 0.5) is 26.3 Å². The summed E-state index contributed by atoms with van der Waals surface area (Å²) < 4.78 is 84.8. The average molecular weight is 484 g/mol. The number of aromatic hydroxyl groups is 1. The zero-order valence-electron chi connectivity index (χ0n) is 18.7. The van der Waals surface area contributed by atoms with Crippen molar-refractivity contribution in [2.45, 2.75) is 58.2 Å². The maximum absolute atomic E-state index is 15.0.